The second-order valence-corrected chi connectivity index (χ2v) is 5.40. The van der Waals surface area contributed by atoms with Crippen molar-refractivity contribution in [3.63, 3.8) is 0 Å². The minimum Gasteiger partial charge on any atom is -0.492 e. The summed E-state index contributed by atoms with van der Waals surface area (Å²) in [5.41, 5.74) is 0. The van der Waals surface area contributed by atoms with E-state index in [1.807, 2.05) is 18.2 Å². The van der Waals surface area contributed by atoms with Gasteiger partial charge in [0.2, 0.25) is 0 Å². The van der Waals surface area contributed by atoms with Crippen LogP contribution in [0.25, 0.3) is 0 Å². The fraction of sp³-hybridized carbons (Fsp3) is 0.500. The van der Waals surface area contributed by atoms with Gasteiger partial charge in [-0.15, -0.1) is 12.4 Å². The molecule has 2 nitrogen and oxygen atoms in total. The molecule has 0 unspecified atom stereocenters. The molecule has 1 aromatic carbocycles. The largest absolute Gasteiger partial charge is 0.492 e. The molecule has 0 aliphatic carbocycles. The molecule has 2 rings (SSSR count). The van der Waals surface area contributed by atoms with Crippen LogP contribution in [-0.2, 0) is 0 Å². The zero-order chi connectivity index (χ0) is 11.4. The molecule has 0 bridgehead atoms. The lowest BCUT2D eigenvalue weighted by atomic mass is 9.99. The van der Waals surface area contributed by atoms with Crippen molar-refractivity contribution in [1.82, 2.24) is 5.32 Å². The third kappa shape index (κ3) is 4.66. The van der Waals surface area contributed by atoms with Crippen molar-refractivity contribution in [2.75, 3.05) is 19.7 Å². The lowest BCUT2D eigenvalue weighted by Gasteiger charge is -2.22. The van der Waals surface area contributed by atoms with Crippen molar-refractivity contribution in [1.29, 1.82) is 0 Å². The Labute approximate surface area is 122 Å². The first kappa shape index (κ1) is 15.1. The maximum atomic E-state index is 6.08. The predicted molar refractivity (Wildman–Crippen MR) is 77.5 cm³/mol. The number of hydrogen-bond donors (Lipinski definition) is 1. The molecule has 0 spiro atoms. The van der Waals surface area contributed by atoms with Gasteiger partial charge in [-0.3, -0.25) is 0 Å². The van der Waals surface area contributed by atoms with Crippen LogP contribution in [0.2, 0.25) is 5.02 Å². The number of rotatable bonds is 3. The fourth-order valence-corrected chi connectivity index (χ4v) is 2.58. The monoisotopic (exact) mass is 339 g/mol. The zero-order valence-electron chi connectivity index (χ0n) is 9.42. The number of piperidine rings is 1. The molecule has 1 aliphatic heterocycles. The van der Waals surface area contributed by atoms with Crippen LogP contribution in [0.4, 0.5) is 0 Å². The van der Waals surface area contributed by atoms with E-state index in [1.54, 1.807) is 0 Å². The van der Waals surface area contributed by atoms with E-state index < -0.39 is 0 Å². The van der Waals surface area contributed by atoms with Crippen LogP contribution in [0, 0.1) is 5.92 Å². The maximum Gasteiger partial charge on any atom is 0.137 e. The molecule has 0 radical (unpaired) electrons. The van der Waals surface area contributed by atoms with E-state index >= 15 is 0 Å². The second-order valence-electron chi connectivity index (χ2n) is 4.08. The van der Waals surface area contributed by atoms with Crippen LogP contribution in [0.5, 0.6) is 5.75 Å². The second kappa shape index (κ2) is 7.47. The third-order valence-electron chi connectivity index (χ3n) is 2.83. The van der Waals surface area contributed by atoms with Crippen LogP contribution in [0.3, 0.4) is 0 Å². The van der Waals surface area contributed by atoms with Gasteiger partial charge >= 0.3 is 0 Å². The van der Waals surface area contributed by atoms with Crippen molar-refractivity contribution in [2.24, 2.45) is 5.92 Å². The van der Waals surface area contributed by atoms with Gasteiger partial charge in [-0.05, 0) is 50.0 Å². The first-order valence-corrected chi connectivity index (χ1v) is 6.71. The van der Waals surface area contributed by atoms with Gasteiger partial charge in [-0.2, -0.15) is 0 Å². The van der Waals surface area contributed by atoms with Gasteiger partial charge in [0, 0.05) is 4.47 Å². The van der Waals surface area contributed by atoms with Gasteiger partial charge in [0.15, 0.2) is 0 Å². The van der Waals surface area contributed by atoms with Crippen LogP contribution >= 0.6 is 39.9 Å². The van der Waals surface area contributed by atoms with Gasteiger partial charge in [0.05, 0.1) is 11.6 Å². The number of benzene rings is 1. The average molecular weight is 341 g/mol. The lowest BCUT2D eigenvalue weighted by molar-refractivity contribution is 0.215. The van der Waals surface area contributed by atoms with E-state index in [2.05, 4.69) is 21.2 Å². The first-order chi connectivity index (χ1) is 7.75. The summed E-state index contributed by atoms with van der Waals surface area (Å²) in [6.07, 6.45) is 2.38. The Kier molecular flexibility index (Phi) is 6.63. The lowest BCUT2D eigenvalue weighted by Crippen LogP contribution is -2.30. The van der Waals surface area contributed by atoms with Crippen LogP contribution in [-0.4, -0.2) is 19.7 Å². The van der Waals surface area contributed by atoms with Gasteiger partial charge in [0.25, 0.3) is 0 Å². The van der Waals surface area contributed by atoms with Crippen LogP contribution in [0.1, 0.15) is 12.8 Å². The summed E-state index contributed by atoms with van der Waals surface area (Å²) in [5, 5.41) is 4.01. The minimum absolute atomic E-state index is 0. The molecule has 0 amide bonds. The summed E-state index contributed by atoms with van der Waals surface area (Å²) < 4.78 is 6.73. The summed E-state index contributed by atoms with van der Waals surface area (Å²) >= 11 is 9.46. The summed E-state index contributed by atoms with van der Waals surface area (Å²) in [5.74, 6) is 1.43. The minimum atomic E-state index is 0. The molecule has 17 heavy (non-hydrogen) atoms. The number of halogens is 3. The highest BCUT2D eigenvalue weighted by molar-refractivity contribution is 9.10. The van der Waals surface area contributed by atoms with Crippen molar-refractivity contribution >= 4 is 39.9 Å². The Hall–Kier alpha value is 0.0400. The Bertz CT molecular complexity index is 356. The summed E-state index contributed by atoms with van der Waals surface area (Å²) in [6.45, 7) is 2.97. The maximum absolute atomic E-state index is 6.08. The van der Waals surface area contributed by atoms with Gasteiger partial charge in [-0.25, -0.2) is 0 Å². The Morgan fingerprint density at radius 1 is 1.35 bits per heavy atom. The van der Waals surface area contributed by atoms with Gasteiger partial charge < -0.3 is 10.1 Å². The highest BCUT2D eigenvalue weighted by atomic mass is 79.9. The molecule has 0 atom stereocenters. The van der Waals surface area contributed by atoms with Crippen molar-refractivity contribution in [3.8, 4) is 5.75 Å². The molecule has 1 aromatic rings. The van der Waals surface area contributed by atoms with E-state index in [9.17, 15) is 0 Å². The third-order valence-corrected chi connectivity index (χ3v) is 3.62. The van der Waals surface area contributed by atoms with E-state index in [0.717, 1.165) is 29.9 Å². The summed E-state index contributed by atoms with van der Waals surface area (Å²) in [6, 6.07) is 5.72. The zero-order valence-corrected chi connectivity index (χ0v) is 12.6. The highest BCUT2D eigenvalue weighted by Crippen LogP contribution is 2.28. The number of nitrogens with one attached hydrogen (secondary N) is 1. The first-order valence-electron chi connectivity index (χ1n) is 5.54. The molecule has 1 fully saturated rings. The molecular weight excluding hydrogens is 325 g/mol. The summed E-state index contributed by atoms with van der Waals surface area (Å²) in [4.78, 5) is 0. The quantitative estimate of drug-likeness (QED) is 0.900. The molecule has 1 heterocycles. The molecule has 5 heteroatoms. The van der Waals surface area contributed by atoms with Crippen molar-refractivity contribution in [3.05, 3.63) is 27.7 Å². The van der Waals surface area contributed by atoms with Gasteiger partial charge in [-0.1, -0.05) is 27.5 Å². The van der Waals surface area contributed by atoms with E-state index in [4.69, 9.17) is 16.3 Å². The predicted octanol–water partition coefficient (Wildman–Crippen LogP) is 3.90. The number of hydrogen-bond acceptors (Lipinski definition) is 2. The van der Waals surface area contributed by atoms with Gasteiger partial charge in [0.1, 0.15) is 5.75 Å². The SMILES string of the molecule is Cl.Clc1cc(Br)ccc1OCC1CCNCC1. The molecule has 0 saturated carbocycles. The Morgan fingerprint density at radius 3 is 2.71 bits per heavy atom. The Morgan fingerprint density at radius 2 is 2.06 bits per heavy atom. The van der Waals surface area contributed by atoms with Crippen LogP contribution in [0.15, 0.2) is 22.7 Å². The highest BCUT2D eigenvalue weighted by Gasteiger charge is 2.14. The fourth-order valence-electron chi connectivity index (χ4n) is 1.85. The molecule has 1 saturated heterocycles. The molecule has 0 aromatic heterocycles. The molecule has 1 aliphatic rings. The standard InChI is InChI=1S/C12H15BrClNO.ClH/c13-10-1-2-12(11(14)7-10)16-8-9-3-5-15-6-4-9;/h1-2,7,9,15H,3-6,8H2;1H. The molecular formula is C12H16BrCl2NO. The average Bonchev–Trinajstić information content (AvgIpc) is 2.29. The Balaban J connectivity index is 0.00000144. The van der Waals surface area contributed by atoms with Crippen LogP contribution < -0.4 is 10.1 Å². The summed E-state index contributed by atoms with van der Waals surface area (Å²) in [7, 11) is 0. The number of ether oxygens (including phenoxy) is 1. The van der Waals surface area contributed by atoms with Crippen molar-refractivity contribution < 1.29 is 4.74 Å². The topological polar surface area (TPSA) is 21.3 Å². The molecule has 1 N–H and O–H groups in total. The van der Waals surface area contributed by atoms with E-state index in [0.29, 0.717) is 10.9 Å². The normalized spacial score (nSPS) is 16.4. The smallest absolute Gasteiger partial charge is 0.137 e. The van der Waals surface area contributed by atoms with E-state index in [-0.39, 0.29) is 12.4 Å². The van der Waals surface area contributed by atoms with E-state index in [1.165, 1.54) is 12.8 Å². The van der Waals surface area contributed by atoms with Crippen molar-refractivity contribution in [2.45, 2.75) is 12.8 Å². The molecule has 96 valence electrons.